The number of primary amides is 1. The first-order valence-corrected chi connectivity index (χ1v) is 9.84. The molecule has 3 rings (SSSR count). The number of hydrogen-bond acceptors (Lipinski definition) is 8. The highest BCUT2D eigenvalue weighted by atomic mass is 32.2. The lowest BCUT2D eigenvalue weighted by Crippen LogP contribution is -2.24. The fourth-order valence-corrected chi connectivity index (χ4v) is 4.16. The van der Waals surface area contributed by atoms with Gasteiger partial charge in [0.15, 0.2) is 5.82 Å². The predicted octanol–water partition coefficient (Wildman–Crippen LogP) is 1.82. The summed E-state index contributed by atoms with van der Waals surface area (Å²) in [5, 5.41) is 30.1. The predicted molar refractivity (Wildman–Crippen MR) is 107 cm³/mol. The van der Waals surface area contributed by atoms with Gasteiger partial charge in [0.2, 0.25) is 5.91 Å². The first-order chi connectivity index (χ1) is 14.0. The lowest BCUT2D eigenvalue weighted by Gasteiger charge is -2.21. The Morgan fingerprint density at radius 2 is 2.07 bits per heavy atom. The minimum atomic E-state index is -0.758. The topological polar surface area (TPSA) is 136 Å². The number of thioether (sulfide) groups is 1. The molecule has 8 nitrogen and oxygen atoms in total. The van der Waals surface area contributed by atoms with Gasteiger partial charge in [0.05, 0.1) is 18.2 Å². The van der Waals surface area contributed by atoms with Gasteiger partial charge in [0.25, 0.3) is 0 Å². The van der Waals surface area contributed by atoms with E-state index in [1.807, 2.05) is 13.0 Å². The fourth-order valence-electron chi connectivity index (χ4n) is 3.10. The quantitative estimate of drug-likeness (QED) is 0.690. The van der Waals surface area contributed by atoms with E-state index in [0.717, 1.165) is 11.8 Å². The Hall–Kier alpha value is -3.11. The van der Waals surface area contributed by atoms with Crippen molar-refractivity contribution in [2.45, 2.75) is 29.7 Å². The van der Waals surface area contributed by atoms with E-state index in [9.17, 15) is 20.4 Å². The van der Waals surface area contributed by atoms with Crippen LogP contribution in [0.4, 0.5) is 5.82 Å². The van der Waals surface area contributed by atoms with Crippen molar-refractivity contribution in [2.24, 2.45) is 5.73 Å². The summed E-state index contributed by atoms with van der Waals surface area (Å²) in [6.07, 6.45) is -0.291. The van der Waals surface area contributed by atoms with Gasteiger partial charge in [-0.05, 0) is 17.5 Å². The lowest BCUT2D eigenvalue weighted by molar-refractivity contribution is -0.117. The smallest absolute Gasteiger partial charge is 0.235 e. The molecule has 1 aliphatic heterocycles. The molecule has 0 aliphatic carbocycles. The van der Waals surface area contributed by atoms with E-state index < -0.39 is 17.3 Å². The van der Waals surface area contributed by atoms with Crippen molar-refractivity contribution in [3.63, 3.8) is 0 Å². The Morgan fingerprint density at radius 3 is 2.59 bits per heavy atom. The van der Waals surface area contributed by atoms with E-state index >= 15 is 0 Å². The Bertz CT molecular complexity index is 1000. The molecule has 9 heteroatoms. The van der Waals surface area contributed by atoms with Gasteiger partial charge in [0.1, 0.15) is 34.6 Å². The molecule has 1 aromatic heterocycles. The number of carbonyl (C=O) groups is 1. The lowest BCUT2D eigenvalue weighted by atomic mass is 10.0. The molecule has 3 N–H and O–H groups in total. The summed E-state index contributed by atoms with van der Waals surface area (Å²) in [5.74, 6) is -0.345. The van der Waals surface area contributed by atoms with E-state index in [-0.39, 0.29) is 35.1 Å². The zero-order valence-corrected chi connectivity index (χ0v) is 16.5. The molecule has 1 amide bonds. The number of carbonyl (C=O) groups excluding carboxylic acids is 1. The first-order valence-electron chi connectivity index (χ1n) is 8.96. The van der Waals surface area contributed by atoms with E-state index in [2.05, 4.69) is 17.1 Å². The molecule has 29 heavy (non-hydrogen) atoms. The number of anilines is 1. The van der Waals surface area contributed by atoms with E-state index in [1.165, 1.54) is 5.06 Å². The molecule has 1 saturated heterocycles. The summed E-state index contributed by atoms with van der Waals surface area (Å²) in [7, 11) is 0. The van der Waals surface area contributed by atoms with Gasteiger partial charge >= 0.3 is 0 Å². The number of hydroxylamine groups is 1. The van der Waals surface area contributed by atoms with Crippen molar-refractivity contribution in [3.05, 3.63) is 52.6 Å². The van der Waals surface area contributed by atoms with Crippen molar-refractivity contribution in [1.29, 1.82) is 10.5 Å². The van der Waals surface area contributed by atoms with Crippen LogP contribution in [0.2, 0.25) is 0 Å². The maximum absolute atomic E-state index is 12.1. The van der Waals surface area contributed by atoms with Gasteiger partial charge in [-0.2, -0.15) is 10.5 Å². The zero-order valence-electron chi connectivity index (χ0n) is 15.7. The molecule has 2 atom stereocenters. The molecule has 0 unspecified atom stereocenters. The summed E-state index contributed by atoms with van der Waals surface area (Å²) in [6, 6.07) is 13.2. The van der Waals surface area contributed by atoms with Crippen molar-refractivity contribution in [2.75, 3.05) is 18.2 Å². The normalized spacial score (nSPS) is 16.8. The molecule has 0 spiro atoms. The number of nitrogens with zero attached hydrogens (tertiary/aromatic N) is 4. The SMILES string of the molecule is CCc1c(C#N)c(S[C@H](C(N)=O)c2ccccc2)nc(N2C[C@H](O)CO2)c1C#N. The maximum atomic E-state index is 12.1. The summed E-state index contributed by atoms with van der Waals surface area (Å²) in [4.78, 5) is 22.1. The van der Waals surface area contributed by atoms with Gasteiger partial charge < -0.3 is 10.8 Å². The van der Waals surface area contributed by atoms with E-state index in [4.69, 9.17) is 10.6 Å². The Balaban J connectivity index is 2.13. The maximum Gasteiger partial charge on any atom is 0.235 e. The number of nitrogens with two attached hydrogens (primary N) is 1. The van der Waals surface area contributed by atoms with E-state index in [0.29, 0.717) is 17.5 Å². The van der Waals surface area contributed by atoms with Crippen molar-refractivity contribution in [3.8, 4) is 12.1 Å². The number of pyridine rings is 1. The average molecular weight is 409 g/mol. The second-order valence-corrected chi connectivity index (χ2v) is 7.46. The Morgan fingerprint density at radius 1 is 1.38 bits per heavy atom. The minimum absolute atomic E-state index is 0.0877. The van der Waals surface area contributed by atoms with Crippen molar-refractivity contribution >= 4 is 23.5 Å². The molecule has 148 valence electrons. The molecule has 0 radical (unpaired) electrons. The van der Waals surface area contributed by atoms with Crippen LogP contribution in [-0.2, 0) is 16.1 Å². The van der Waals surface area contributed by atoms with Crippen LogP contribution in [0.25, 0.3) is 0 Å². The largest absolute Gasteiger partial charge is 0.389 e. The zero-order chi connectivity index (χ0) is 21.0. The molecular weight excluding hydrogens is 390 g/mol. The highest BCUT2D eigenvalue weighted by Crippen LogP contribution is 2.39. The fraction of sp³-hybridized carbons (Fsp3) is 0.300. The monoisotopic (exact) mass is 409 g/mol. The average Bonchev–Trinajstić information content (AvgIpc) is 3.17. The van der Waals surface area contributed by atoms with Crippen LogP contribution >= 0.6 is 11.8 Å². The molecule has 1 fully saturated rings. The van der Waals surface area contributed by atoms with Gasteiger partial charge in [-0.25, -0.2) is 10.0 Å². The van der Waals surface area contributed by atoms with Gasteiger partial charge in [-0.15, -0.1) is 0 Å². The van der Waals surface area contributed by atoms with Crippen LogP contribution in [-0.4, -0.2) is 35.3 Å². The number of aliphatic hydroxyl groups excluding tert-OH is 1. The number of aliphatic hydroxyl groups is 1. The number of amides is 1. The third-order valence-corrected chi connectivity index (χ3v) is 5.71. The minimum Gasteiger partial charge on any atom is -0.389 e. The second kappa shape index (κ2) is 8.93. The van der Waals surface area contributed by atoms with E-state index in [1.54, 1.807) is 24.3 Å². The van der Waals surface area contributed by atoms with Crippen LogP contribution < -0.4 is 10.8 Å². The standard InChI is InChI=1S/C20H19N5O3S/c1-2-14-15(8-21)19(25-10-13(26)11-28-25)24-20(16(14)9-22)29-17(18(23)27)12-6-4-3-5-7-12/h3-7,13,17,26H,2,10-11H2,1H3,(H2,23,27)/t13-,17-/m0/s1. The van der Waals surface area contributed by atoms with Crippen LogP contribution in [0.3, 0.4) is 0 Å². The number of nitriles is 2. The van der Waals surface area contributed by atoms with Gasteiger partial charge in [-0.1, -0.05) is 49.0 Å². The Labute approximate surface area is 172 Å². The van der Waals surface area contributed by atoms with Crippen LogP contribution in [0, 0.1) is 22.7 Å². The summed E-state index contributed by atoms with van der Waals surface area (Å²) in [5.41, 5.74) is 7.28. The number of hydrogen-bond donors (Lipinski definition) is 2. The molecule has 2 heterocycles. The second-order valence-electron chi connectivity index (χ2n) is 6.37. The van der Waals surface area contributed by atoms with Crippen LogP contribution in [0.15, 0.2) is 35.4 Å². The van der Waals surface area contributed by atoms with Crippen molar-refractivity contribution < 1.29 is 14.7 Å². The Kier molecular flexibility index (Phi) is 6.35. The molecule has 0 saturated carbocycles. The third-order valence-electron chi connectivity index (χ3n) is 4.45. The number of benzene rings is 1. The van der Waals surface area contributed by atoms with Gasteiger partial charge in [-0.3, -0.25) is 9.63 Å². The number of rotatable bonds is 6. The highest BCUT2D eigenvalue weighted by Gasteiger charge is 2.30. The summed E-state index contributed by atoms with van der Waals surface area (Å²) < 4.78 is 0. The molecule has 1 aromatic carbocycles. The molecule has 0 bridgehead atoms. The molecular formula is C20H19N5O3S. The van der Waals surface area contributed by atoms with Gasteiger partial charge in [0, 0.05) is 0 Å². The number of β-amino-alcohol motifs (C(OH)–C–C–N with tert-alkyl or cyclic N) is 1. The molecule has 2 aromatic rings. The third kappa shape index (κ3) is 4.17. The van der Waals surface area contributed by atoms with Crippen molar-refractivity contribution in [1.82, 2.24) is 4.98 Å². The summed E-state index contributed by atoms with van der Waals surface area (Å²) >= 11 is 1.06. The van der Waals surface area contributed by atoms with Crippen LogP contribution in [0.5, 0.6) is 0 Å². The van der Waals surface area contributed by atoms with Crippen LogP contribution in [0.1, 0.15) is 34.4 Å². The molecule has 1 aliphatic rings. The number of aromatic nitrogens is 1. The summed E-state index contributed by atoms with van der Waals surface area (Å²) in [6.45, 7) is 2.07. The highest BCUT2D eigenvalue weighted by molar-refractivity contribution is 8.00. The first kappa shape index (κ1) is 20.6.